The largest absolute Gasteiger partial charge is 0.480 e. The second-order valence-electron chi connectivity index (χ2n) is 6.66. The zero-order valence-corrected chi connectivity index (χ0v) is 15.2. The molecule has 0 unspecified atom stereocenters. The normalized spacial score (nSPS) is 16.8. The van der Waals surface area contributed by atoms with E-state index in [0.29, 0.717) is 0 Å². The molecule has 25 heavy (non-hydrogen) atoms. The summed E-state index contributed by atoms with van der Waals surface area (Å²) in [6.45, 7) is 3.37. The molecule has 0 saturated heterocycles. The summed E-state index contributed by atoms with van der Waals surface area (Å²) in [6, 6.07) is 4.52. The van der Waals surface area contributed by atoms with Gasteiger partial charge >= 0.3 is 5.97 Å². The number of carboxylic acid groups (broad SMARTS) is 1. The number of carboxylic acids is 1. The van der Waals surface area contributed by atoms with Crippen molar-refractivity contribution in [3.8, 4) is 0 Å². The molecule has 0 spiro atoms. The molecule has 1 saturated carbocycles. The van der Waals surface area contributed by atoms with Crippen LogP contribution in [0.5, 0.6) is 0 Å². The lowest BCUT2D eigenvalue weighted by atomic mass is 10.0. The number of amides is 1. The third kappa shape index (κ3) is 5.02. The molecule has 1 aliphatic rings. The summed E-state index contributed by atoms with van der Waals surface area (Å²) in [5, 5.41) is 11.6. The summed E-state index contributed by atoms with van der Waals surface area (Å²) in [5.74, 6) is -2.04. The van der Waals surface area contributed by atoms with Gasteiger partial charge in [-0.2, -0.15) is 0 Å². The van der Waals surface area contributed by atoms with Crippen molar-refractivity contribution in [2.24, 2.45) is 5.92 Å². The van der Waals surface area contributed by atoms with Crippen molar-refractivity contribution in [1.29, 1.82) is 0 Å². The molecule has 0 heterocycles. The molecule has 7 nitrogen and oxygen atoms in total. The van der Waals surface area contributed by atoms with E-state index in [1.807, 2.05) is 0 Å². The molecule has 1 amide bonds. The van der Waals surface area contributed by atoms with Crippen LogP contribution < -0.4 is 10.0 Å². The van der Waals surface area contributed by atoms with Gasteiger partial charge in [-0.1, -0.05) is 32.8 Å². The maximum absolute atomic E-state index is 12.5. The topological polar surface area (TPSA) is 113 Å². The van der Waals surface area contributed by atoms with Gasteiger partial charge in [0.2, 0.25) is 10.0 Å². The molecule has 0 aromatic heterocycles. The second-order valence-corrected chi connectivity index (χ2v) is 8.38. The molecule has 138 valence electrons. The van der Waals surface area contributed by atoms with Gasteiger partial charge in [-0.15, -0.1) is 0 Å². The Morgan fingerprint density at radius 3 is 2.40 bits per heavy atom. The smallest absolute Gasteiger partial charge is 0.326 e. The van der Waals surface area contributed by atoms with E-state index in [0.717, 1.165) is 25.7 Å². The van der Waals surface area contributed by atoms with Crippen molar-refractivity contribution in [1.82, 2.24) is 10.0 Å². The van der Waals surface area contributed by atoms with E-state index < -0.39 is 27.9 Å². The monoisotopic (exact) mass is 368 g/mol. The molecule has 1 aromatic carbocycles. The molecular formula is C17H24N2O5S. The van der Waals surface area contributed by atoms with Gasteiger partial charge in [0.1, 0.15) is 6.04 Å². The molecule has 0 radical (unpaired) electrons. The van der Waals surface area contributed by atoms with Crippen LogP contribution >= 0.6 is 0 Å². The predicted octanol–water partition coefficient (Wildman–Crippen LogP) is 1.75. The number of aliphatic carboxylic acids is 1. The summed E-state index contributed by atoms with van der Waals surface area (Å²) in [5.41, 5.74) is 0.112. The van der Waals surface area contributed by atoms with Crippen LogP contribution in [-0.4, -0.2) is 37.5 Å². The first-order valence-corrected chi connectivity index (χ1v) is 9.85. The highest BCUT2D eigenvalue weighted by atomic mass is 32.2. The minimum Gasteiger partial charge on any atom is -0.480 e. The van der Waals surface area contributed by atoms with Crippen LogP contribution in [0.15, 0.2) is 29.2 Å². The first-order chi connectivity index (χ1) is 11.7. The maximum Gasteiger partial charge on any atom is 0.326 e. The van der Waals surface area contributed by atoms with E-state index >= 15 is 0 Å². The highest BCUT2D eigenvalue weighted by Crippen LogP contribution is 2.21. The molecule has 1 atom stereocenters. The summed E-state index contributed by atoms with van der Waals surface area (Å²) >= 11 is 0. The van der Waals surface area contributed by atoms with Crippen LogP contribution in [0.2, 0.25) is 0 Å². The Morgan fingerprint density at radius 2 is 1.84 bits per heavy atom. The van der Waals surface area contributed by atoms with E-state index in [2.05, 4.69) is 10.0 Å². The minimum absolute atomic E-state index is 0.00321. The fourth-order valence-corrected chi connectivity index (χ4v) is 4.22. The number of benzene rings is 1. The van der Waals surface area contributed by atoms with Crippen LogP contribution in [0.4, 0.5) is 0 Å². The Hall–Kier alpha value is -1.93. The zero-order chi connectivity index (χ0) is 18.6. The zero-order valence-electron chi connectivity index (χ0n) is 14.4. The standard InChI is InChI=1S/C17H24N2O5S/c1-11(2)15(17(21)22)18-16(20)12-6-5-9-14(10-12)25(23,24)19-13-7-3-4-8-13/h5-6,9-11,13,15,19H,3-4,7-8H2,1-2H3,(H,18,20)(H,21,22)/t15-/m1/s1. The van der Waals surface area contributed by atoms with Crippen molar-refractivity contribution >= 4 is 21.9 Å². The Morgan fingerprint density at radius 1 is 1.20 bits per heavy atom. The number of carbonyl (C=O) groups excluding carboxylic acids is 1. The highest BCUT2D eigenvalue weighted by Gasteiger charge is 2.26. The van der Waals surface area contributed by atoms with E-state index in [9.17, 15) is 18.0 Å². The molecule has 0 bridgehead atoms. The van der Waals surface area contributed by atoms with Gasteiger partial charge in [0.25, 0.3) is 5.91 Å². The highest BCUT2D eigenvalue weighted by molar-refractivity contribution is 7.89. The van der Waals surface area contributed by atoms with E-state index in [4.69, 9.17) is 5.11 Å². The quantitative estimate of drug-likeness (QED) is 0.679. The molecule has 3 N–H and O–H groups in total. The second kappa shape index (κ2) is 7.97. The maximum atomic E-state index is 12.5. The molecular weight excluding hydrogens is 344 g/mol. The van der Waals surface area contributed by atoms with Gasteiger partial charge in [0.05, 0.1) is 4.90 Å². The fourth-order valence-electron chi connectivity index (χ4n) is 2.87. The molecule has 1 fully saturated rings. The number of nitrogens with one attached hydrogen (secondary N) is 2. The number of hydrogen-bond acceptors (Lipinski definition) is 4. The lowest BCUT2D eigenvalue weighted by Gasteiger charge is -2.18. The average Bonchev–Trinajstić information content (AvgIpc) is 3.04. The lowest BCUT2D eigenvalue weighted by Crippen LogP contribution is -2.44. The van der Waals surface area contributed by atoms with E-state index in [1.165, 1.54) is 24.3 Å². The molecule has 0 aliphatic heterocycles. The average molecular weight is 368 g/mol. The first-order valence-electron chi connectivity index (χ1n) is 8.37. The van der Waals surface area contributed by atoms with Crippen LogP contribution in [-0.2, 0) is 14.8 Å². The van der Waals surface area contributed by atoms with Crippen molar-refractivity contribution in [3.05, 3.63) is 29.8 Å². The predicted molar refractivity (Wildman–Crippen MR) is 92.7 cm³/mol. The van der Waals surface area contributed by atoms with Crippen LogP contribution in [0, 0.1) is 5.92 Å². The lowest BCUT2D eigenvalue weighted by molar-refractivity contribution is -0.140. The summed E-state index contributed by atoms with van der Waals surface area (Å²) < 4.78 is 27.6. The van der Waals surface area contributed by atoms with Gasteiger partial charge < -0.3 is 10.4 Å². The molecule has 2 rings (SSSR count). The summed E-state index contributed by atoms with van der Waals surface area (Å²) in [7, 11) is -3.71. The Balaban J connectivity index is 2.17. The van der Waals surface area contributed by atoms with E-state index in [-0.39, 0.29) is 22.4 Å². The van der Waals surface area contributed by atoms with Crippen molar-refractivity contribution in [2.75, 3.05) is 0 Å². The van der Waals surface area contributed by atoms with Gasteiger partial charge in [0.15, 0.2) is 0 Å². The number of sulfonamides is 1. The first kappa shape index (κ1) is 19.4. The van der Waals surface area contributed by atoms with Crippen LogP contribution in [0.25, 0.3) is 0 Å². The summed E-state index contributed by atoms with van der Waals surface area (Å²) in [6.07, 6.45) is 3.63. The SMILES string of the molecule is CC(C)[C@@H](NC(=O)c1cccc(S(=O)(=O)NC2CCCC2)c1)C(=O)O. The van der Waals surface area contributed by atoms with Gasteiger partial charge in [-0.05, 0) is 37.0 Å². The number of hydrogen-bond donors (Lipinski definition) is 3. The van der Waals surface area contributed by atoms with E-state index in [1.54, 1.807) is 13.8 Å². The third-order valence-corrected chi connectivity index (χ3v) is 5.82. The number of carbonyl (C=O) groups is 2. The van der Waals surface area contributed by atoms with Crippen molar-refractivity contribution < 1.29 is 23.1 Å². The third-order valence-electron chi connectivity index (χ3n) is 4.30. The van der Waals surface area contributed by atoms with Gasteiger partial charge in [-0.25, -0.2) is 17.9 Å². The minimum atomic E-state index is -3.71. The molecule has 1 aromatic rings. The Kier molecular flexibility index (Phi) is 6.18. The Labute approximate surface area is 147 Å². The molecule has 1 aliphatic carbocycles. The number of rotatable bonds is 7. The van der Waals surface area contributed by atoms with Crippen molar-refractivity contribution in [2.45, 2.75) is 56.5 Å². The summed E-state index contributed by atoms with van der Waals surface area (Å²) in [4.78, 5) is 23.5. The van der Waals surface area contributed by atoms with Crippen LogP contribution in [0.3, 0.4) is 0 Å². The van der Waals surface area contributed by atoms with Crippen LogP contribution in [0.1, 0.15) is 49.9 Å². The van der Waals surface area contributed by atoms with Gasteiger partial charge in [-0.3, -0.25) is 4.79 Å². The Bertz CT molecular complexity index is 739. The van der Waals surface area contributed by atoms with Gasteiger partial charge in [0, 0.05) is 11.6 Å². The van der Waals surface area contributed by atoms with Crippen molar-refractivity contribution in [3.63, 3.8) is 0 Å². The fraction of sp³-hybridized carbons (Fsp3) is 0.529. The molecule has 8 heteroatoms.